The summed E-state index contributed by atoms with van der Waals surface area (Å²) in [6.07, 6.45) is 4.67. The molecule has 0 aromatic heterocycles. The van der Waals surface area contributed by atoms with Gasteiger partial charge in [-0.2, -0.15) is 0 Å². The fourth-order valence-corrected chi connectivity index (χ4v) is 4.68. The number of benzene rings is 2. The van der Waals surface area contributed by atoms with Crippen LogP contribution in [0.15, 0.2) is 48.5 Å². The Kier molecular flexibility index (Phi) is 6.96. The van der Waals surface area contributed by atoms with Crippen LogP contribution in [0.3, 0.4) is 0 Å². The molecule has 0 saturated carbocycles. The summed E-state index contributed by atoms with van der Waals surface area (Å²) in [7, 11) is 0. The summed E-state index contributed by atoms with van der Waals surface area (Å²) in [5.74, 6) is 0.446. The molecule has 1 N–H and O–H groups in total. The van der Waals surface area contributed by atoms with Crippen molar-refractivity contribution in [1.82, 2.24) is 4.90 Å². The number of nitrogens with zero attached hydrogens (tertiary/aromatic N) is 2. The minimum Gasteiger partial charge on any atom is -0.484 e. The van der Waals surface area contributed by atoms with Crippen LogP contribution in [0.5, 0.6) is 5.75 Å². The van der Waals surface area contributed by atoms with E-state index in [1.165, 1.54) is 0 Å². The molecule has 2 saturated heterocycles. The third-order valence-corrected chi connectivity index (χ3v) is 6.47. The Hall–Kier alpha value is -3.35. The average Bonchev–Trinajstić information content (AvgIpc) is 3.24. The first kappa shape index (κ1) is 22.8. The summed E-state index contributed by atoms with van der Waals surface area (Å²) in [6.45, 7) is 4.90. The maximum absolute atomic E-state index is 12.6. The van der Waals surface area contributed by atoms with Crippen molar-refractivity contribution in [2.24, 2.45) is 0 Å². The molecule has 3 amide bonds. The molecule has 0 bridgehead atoms. The maximum Gasteiger partial charge on any atom is 0.260 e. The van der Waals surface area contributed by atoms with Gasteiger partial charge < -0.3 is 19.9 Å². The van der Waals surface area contributed by atoms with E-state index in [1.54, 1.807) is 41.3 Å². The van der Waals surface area contributed by atoms with E-state index < -0.39 is 0 Å². The largest absolute Gasteiger partial charge is 0.484 e. The Balaban J connectivity index is 1.30. The molecule has 33 heavy (non-hydrogen) atoms. The van der Waals surface area contributed by atoms with Crippen molar-refractivity contribution in [2.75, 3.05) is 23.4 Å². The van der Waals surface area contributed by atoms with Gasteiger partial charge in [0.2, 0.25) is 5.91 Å². The van der Waals surface area contributed by atoms with Crippen LogP contribution in [0, 0.1) is 0 Å². The van der Waals surface area contributed by atoms with E-state index in [0.29, 0.717) is 23.4 Å². The molecule has 0 spiro atoms. The number of hydrogen-bond acceptors (Lipinski definition) is 4. The second-order valence-electron chi connectivity index (χ2n) is 8.89. The molecule has 2 aliphatic heterocycles. The first-order valence-electron chi connectivity index (χ1n) is 11.7. The molecule has 174 valence electrons. The van der Waals surface area contributed by atoms with Crippen molar-refractivity contribution < 1.29 is 19.1 Å². The standard InChI is InChI=1S/C26H31N3O4/c1-18-5-3-6-19(2)29(18)25(31)17-33-23-14-8-20(9-15-23)26(32)27-21-10-12-22(13-11-21)28-16-4-7-24(28)30/h8-15,18-19H,3-7,16-17H2,1-2H3,(H,27,32)/t18-,19-/m0/s1. The predicted octanol–water partition coefficient (Wildman–Crippen LogP) is 4.23. The van der Waals surface area contributed by atoms with Crippen molar-refractivity contribution in [3.05, 3.63) is 54.1 Å². The third-order valence-electron chi connectivity index (χ3n) is 6.47. The molecular formula is C26H31N3O4. The van der Waals surface area contributed by atoms with Gasteiger partial charge in [-0.05, 0) is 88.1 Å². The van der Waals surface area contributed by atoms with Crippen LogP contribution in [0.1, 0.15) is 56.3 Å². The summed E-state index contributed by atoms with van der Waals surface area (Å²) in [5, 5.41) is 2.87. The highest BCUT2D eigenvalue weighted by Gasteiger charge is 2.29. The summed E-state index contributed by atoms with van der Waals surface area (Å²) in [4.78, 5) is 40.8. The number of ether oxygens (including phenoxy) is 1. The third kappa shape index (κ3) is 5.35. The summed E-state index contributed by atoms with van der Waals surface area (Å²) in [6, 6.07) is 14.5. The van der Waals surface area contributed by atoms with Crippen LogP contribution in [0.4, 0.5) is 11.4 Å². The fourth-order valence-electron chi connectivity index (χ4n) is 4.68. The maximum atomic E-state index is 12.6. The monoisotopic (exact) mass is 449 g/mol. The second-order valence-corrected chi connectivity index (χ2v) is 8.89. The normalized spacial score (nSPS) is 20.6. The number of carbonyl (C=O) groups excluding carboxylic acids is 3. The summed E-state index contributed by atoms with van der Waals surface area (Å²) in [5.41, 5.74) is 2.00. The molecule has 2 aliphatic rings. The molecule has 0 aliphatic carbocycles. The van der Waals surface area contributed by atoms with Crippen LogP contribution < -0.4 is 15.0 Å². The highest BCUT2D eigenvalue weighted by Crippen LogP contribution is 2.24. The van der Waals surface area contributed by atoms with E-state index in [1.807, 2.05) is 17.0 Å². The molecular weight excluding hydrogens is 418 g/mol. The minimum atomic E-state index is -0.237. The lowest BCUT2D eigenvalue weighted by Gasteiger charge is -2.38. The van der Waals surface area contributed by atoms with Gasteiger partial charge in [0.05, 0.1) is 0 Å². The molecule has 2 aromatic carbocycles. The number of piperidine rings is 1. The zero-order valence-corrected chi connectivity index (χ0v) is 19.3. The lowest BCUT2D eigenvalue weighted by molar-refractivity contribution is -0.139. The van der Waals surface area contributed by atoms with Crippen molar-refractivity contribution in [3.63, 3.8) is 0 Å². The number of hydrogen-bond donors (Lipinski definition) is 1. The van der Waals surface area contributed by atoms with Crippen molar-refractivity contribution >= 4 is 29.1 Å². The number of rotatable bonds is 6. The van der Waals surface area contributed by atoms with Gasteiger partial charge in [0.1, 0.15) is 5.75 Å². The number of likely N-dealkylation sites (tertiary alicyclic amines) is 1. The Morgan fingerprint density at radius 3 is 2.24 bits per heavy atom. The SMILES string of the molecule is C[C@H]1CCC[C@H](C)N1C(=O)COc1ccc(C(=O)Nc2ccc(N3CCCC3=O)cc2)cc1. The van der Waals surface area contributed by atoms with Gasteiger partial charge in [0, 0.05) is 42.0 Å². The zero-order chi connectivity index (χ0) is 23.4. The van der Waals surface area contributed by atoms with E-state index in [9.17, 15) is 14.4 Å². The Morgan fingerprint density at radius 2 is 1.64 bits per heavy atom. The van der Waals surface area contributed by atoms with E-state index in [4.69, 9.17) is 4.74 Å². The van der Waals surface area contributed by atoms with Gasteiger partial charge in [-0.25, -0.2) is 0 Å². The molecule has 2 aromatic rings. The van der Waals surface area contributed by atoms with Crippen molar-refractivity contribution in [2.45, 2.75) is 58.0 Å². The molecule has 4 rings (SSSR count). The molecule has 0 radical (unpaired) electrons. The van der Waals surface area contributed by atoms with Gasteiger partial charge in [-0.3, -0.25) is 14.4 Å². The van der Waals surface area contributed by atoms with Gasteiger partial charge in [-0.15, -0.1) is 0 Å². The molecule has 7 nitrogen and oxygen atoms in total. The molecule has 0 unspecified atom stereocenters. The number of amides is 3. The lowest BCUT2D eigenvalue weighted by Crippen LogP contribution is -2.49. The summed E-state index contributed by atoms with van der Waals surface area (Å²) >= 11 is 0. The average molecular weight is 450 g/mol. The molecule has 2 fully saturated rings. The fraction of sp³-hybridized carbons (Fsp3) is 0.423. The van der Waals surface area contributed by atoms with Gasteiger partial charge in [-0.1, -0.05) is 0 Å². The van der Waals surface area contributed by atoms with Gasteiger partial charge >= 0.3 is 0 Å². The van der Waals surface area contributed by atoms with Crippen LogP contribution in [-0.4, -0.2) is 47.9 Å². The predicted molar refractivity (Wildman–Crippen MR) is 128 cm³/mol. The van der Waals surface area contributed by atoms with Crippen molar-refractivity contribution in [3.8, 4) is 5.75 Å². The number of carbonyl (C=O) groups is 3. The quantitative estimate of drug-likeness (QED) is 0.716. The zero-order valence-electron chi connectivity index (χ0n) is 19.3. The van der Waals surface area contributed by atoms with Crippen LogP contribution in [0.25, 0.3) is 0 Å². The van der Waals surface area contributed by atoms with E-state index in [0.717, 1.165) is 37.9 Å². The molecule has 7 heteroatoms. The van der Waals surface area contributed by atoms with E-state index in [2.05, 4.69) is 19.2 Å². The smallest absolute Gasteiger partial charge is 0.260 e. The first-order chi connectivity index (χ1) is 15.9. The minimum absolute atomic E-state index is 0.00408. The van der Waals surface area contributed by atoms with Crippen LogP contribution in [0.2, 0.25) is 0 Å². The first-order valence-corrected chi connectivity index (χ1v) is 11.7. The van der Waals surface area contributed by atoms with E-state index in [-0.39, 0.29) is 36.4 Å². The highest BCUT2D eigenvalue weighted by molar-refractivity contribution is 6.04. The van der Waals surface area contributed by atoms with Crippen molar-refractivity contribution in [1.29, 1.82) is 0 Å². The Bertz CT molecular complexity index is 993. The summed E-state index contributed by atoms with van der Waals surface area (Å²) < 4.78 is 5.69. The molecule has 2 heterocycles. The number of nitrogens with one attached hydrogen (secondary N) is 1. The second kappa shape index (κ2) is 10.1. The lowest BCUT2D eigenvalue weighted by atomic mass is 9.97. The number of anilines is 2. The van der Waals surface area contributed by atoms with E-state index >= 15 is 0 Å². The molecule has 2 atom stereocenters. The van der Waals surface area contributed by atoms with Gasteiger partial charge in [0.25, 0.3) is 11.8 Å². The highest BCUT2D eigenvalue weighted by atomic mass is 16.5. The van der Waals surface area contributed by atoms with Crippen LogP contribution in [-0.2, 0) is 9.59 Å². The Morgan fingerprint density at radius 1 is 0.970 bits per heavy atom. The van der Waals surface area contributed by atoms with Crippen LogP contribution >= 0.6 is 0 Å². The topological polar surface area (TPSA) is 79.0 Å². The Labute approximate surface area is 194 Å². The van der Waals surface area contributed by atoms with Gasteiger partial charge in [0.15, 0.2) is 6.61 Å².